The number of allylic oxidation sites excluding steroid dienone is 3. The molecule has 0 aromatic rings. The van der Waals surface area contributed by atoms with E-state index in [1.54, 1.807) is 0 Å². The number of rotatable bonds is 3. The van der Waals surface area contributed by atoms with E-state index in [1.807, 2.05) is 0 Å². The number of hydrogen-bond acceptors (Lipinski definition) is 1. The molecular weight excluding hydrogens is 172 g/mol. The van der Waals surface area contributed by atoms with Gasteiger partial charge < -0.3 is 0 Å². The standard InChI is InChI=1S/C13H20O/c1-5-11(14)9-12-10(2)7-6-8-13(12,3)4/h5-7,10,12H,1,8-9H2,2-4H3. The molecule has 0 amide bonds. The van der Waals surface area contributed by atoms with Crippen LogP contribution >= 0.6 is 0 Å². The topological polar surface area (TPSA) is 17.1 Å². The number of carbonyl (C=O) groups excluding carboxylic acids is 1. The molecule has 0 saturated heterocycles. The lowest BCUT2D eigenvalue weighted by Gasteiger charge is -2.39. The van der Waals surface area contributed by atoms with Gasteiger partial charge in [-0.3, -0.25) is 4.79 Å². The Morgan fingerprint density at radius 2 is 2.29 bits per heavy atom. The van der Waals surface area contributed by atoms with Gasteiger partial charge in [0.25, 0.3) is 0 Å². The second-order valence-corrected chi connectivity index (χ2v) is 4.96. The molecule has 0 aliphatic heterocycles. The molecule has 14 heavy (non-hydrogen) atoms. The van der Waals surface area contributed by atoms with Crippen molar-refractivity contribution in [2.75, 3.05) is 0 Å². The van der Waals surface area contributed by atoms with E-state index >= 15 is 0 Å². The summed E-state index contributed by atoms with van der Waals surface area (Å²) >= 11 is 0. The van der Waals surface area contributed by atoms with Crippen LogP contribution in [0.1, 0.15) is 33.6 Å². The van der Waals surface area contributed by atoms with E-state index in [0.717, 1.165) is 6.42 Å². The minimum Gasteiger partial charge on any atom is -0.295 e. The van der Waals surface area contributed by atoms with Gasteiger partial charge in [-0.2, -0.15) is 0 Å². The van der Waals surface area contributed by atoms with Crippen molar-refractivity contribution in [2.45, 2.75) is 33.6 Å². The lowest BCUT2D eigenvalue weighted by atomic mass is 9.65. The summed E-state index contributed by atoms with van der Waals surface area (Å²) in [6.45, 7) is 10.2. The van der Waals surface area contributed by atoms with Crippen LogP contribution in [0.3, 0.4) is 0 Å². The maximum atomic E-state index is 11.4. The summed E-state index contributed by atoms with van der Waals surface area (Å²) in [6.07, 6.45) is 7.63. The Morgan fingerprint density at radius 3 is 2.79 bits per heavy atom. The predicted molar refractivity (Wildman–Crippen MR) is 60.0 cm³/mol. The van der Waals surface area contributed by atoms with Crippen molar-refractivity contribution in [2.24, 2.45) is 17.3 Å². The third-order valence-electron chi connectivity index (χ3n) is 3.37. The zero-order valence-electron chi connectivity index (χ0n) is 9.42. The highest BCUT2D eigenvalue weighted by molar-refractivity contribution is 5.89. The Morgan fingerprint density at radius 1 is 1.64 bits per heavy atom. The first-order chi connectivity index (χ1) is 6.47. The van der Waals surface area contributed by atoms with Crippen LogP contribution in [0.25, 0.3) is 0 Å². The summed E-state index contributed by atoms with van der Waals surface area (Å²) in [5, 5.41) is 0. The maximum absolute atomic E-state index is 11.4. The van der Waals surface area contributed by atoms with Gasteiger partial charge in [0.15, 0.2) is 5.78 Å². The van der Waals surface area contributed by atoms with E-state index in [1.165, 1.54) is 6.08 Å². The van der Waals surface area contributed by atoms with Gasteiger partial charge >= 0.3 is 0 Å². The summed E-state index contributed by atoms with van der Waals surface area (Å²) in [5.41, 5.74) is 0.243. The van der Waals surface area contributed by atoms with E-state index in [4.69, 9.17) is 0 Å². The maximum Gasteiger partial charge on any atom is 0.155 e. The van der Waals surface area contributed by atoms with Crippen LogP contribution in [0.2, 0.25) is 0 Å². The molecule has 0 bridgehead atoms. The molecule has 0 radical (unpaired) electrons. The fraction of sp³-hybridized carbons (Fsp3) is 0.615. The highest BCUT2D eigenvalue weighted by Gasteiger charge is 2.34. The molecule has 1 aliphatic rings. The zero-order chi connectivity index (χ0) is 10.8. The molecule has 78 valence electrons. The number of ketones is 1. The molecule has 1 aliphatic carbocycles. The molecular formula is C13H20O. The van der Waals surface area contributed by atoms with Gasteiger partial charge in [0.05, 0.1) is 0 Å². The third kappa shape index (κ3) is 2.34. The molecule has 0 heterocycles. The van der Waals surface area contributed by atoms with Crippen LogP contribution in [0.4, 0.5) is 0 Å². The van der Waals surface area contributed by atoms with Gasteiger partial charge in [-0.15, -0.1) is 0 Å². The Kier molecular flexibility index (Phi) is 3.30. The third-order valence-corrected chi connectivity index (χ3v) is 3.37. The van der Waals surface area contributed by atoms with Gasteiger partial charge in [-0.1, -0.05) is 39.5 Å². The van der Waals surface area contributed by atoms with E-state index < -0.39 is 0 Å². The number of hydrogen-bond donors (Lipinski definition) is 0. The Hall–Kier alpha value is -0.850. The SMILES string of the molecule is C=CC(=O)CC1C(C)C=CCC1(C)C. The first-order valence-corrected chi connectivity index (χ1v) is 5.29. The predicted octanol–water partition coefficient (Wildman–Crippen LogP) is 3.37. The minimum atomic E-state index is 0.172. The largest absolute Gasteiger partial charge is 0.295 e. The van der Waals surface area contributed by atoms with Gasteiger partial charge in [-0.05, 0) is 29.7 Å². The fourth-order valence-electron chi connectivity index (χ4n) is 2.35. The molecule has 0 saturated carbocycles. The van der Waals surface area contributed by atoms with Crippen LogP contribution in [-0.4, -0.2) is 5.78 Å². The smallest absolute Gasteiger partial charge is 0.155 e. The van der Waals surface area contributed by atoms with Crippen molar-refractivity contribution in [1.29, 1.82) is 0 Å². The average Bonchev–Trinajstić information content (AvgIpc) is 2.11. The van der Waals surface area contributed by atoms with Crippen molar-refractivity contribution in [1.82, 2.24) is 0 Å². The number of carbonyl (C=O) groups is 1. The molecule has 1 heteroatoms. The molecule has 0 aromatic heterocycles. The summed E-state index contributed by atoms with van der Waals surface area (Å²) in [5.74, 6) is 1.13. The lowest BCUT2D eigenvalue weighted by molar-refractivity contribution is -0.116. The van der Waals surface area contributed by atoms with Crippen molar-refractivity contribution in [3.63, 3.8) is 0 Å². The second-order valence-electron chi connectivity index (χ2n) is 4.96. The van der Waals surface area contributed by atoms with Crippen LogP contribution in [0.5, 0.6) is 0 Å². The average molecular weight is 192 g/mol. The van der Waals surface area contributed by atoms with E-state index in [0.29, 0.717) is 18.3 Å². The summed E-state index contributed by atoms with van der Waals surface area (Å²) in [7, 11) is 0. The van der Waals surface area contributed by atoms with Gasteiger partial charge in [0.2, 0.25) is 0 Å². The summed E-state index contributed by atoms with van der Waals surface area (Å²) < 4.78 is 0. The first-order valence-electron chi connectivity index (χ1n) is 5.29. The molecule has 2 unspecified atom stereocenters. The van der Waals surface area contributed by atoms with Crippen molar-refractivity contribution in [3.8, 4) is 0 Å². The van der Waals surface area contributed by atoms with Gasteiger partial charge in [0.1, 0.15) is 0 Å². The van der Waals surface area contributed by atoms with Gasteiger partial charge in [-0.25, -0.2) is 0 Å². The molecule has 0 N–H and O–H groups in total. The molecule has 0 fully saturated rings. The van der Waals surface area contributed by atoms with E-state index in [9.17, 15) is 4.79 Å². The highest BCUT2D eigenvalue weighted by atomic mass is 16.1. The van der Waals surface area contributed by atoms with E-state index in [2.05, 4.69) is 39.5 Å². The monoisotopic (exact) mass is 192 g/mol. The Bertz CT molecular complexity index is 260. The lowest BCUT2D eigenvalue weighted by Crippen LogP contribution is -2.32. The highest BCUT2D eigenvalue weighted by Crippen LogP contribution is 2.42. The molecule has 2 atom stereocenters. The first kappa shape index (κ1) is 11.2. The van der Waals surface area contributed by atoms with Gasteiger partial charge in [0, 0.05) is 6.42 Å². The summed E-state index contributed by atoms with van der Waals surface area (Å²) in [4.78, 5) is 11.4. The summed E-state index contributed by atoms with van der Waals surface area (Å²) in [6, 6.07) is 0. The fourth-order valence-corrected chi connectivity index (χ4v) is 2.35. The van der Waals surface area contributed by atoms with Crippen molar-refractivity contribution >= 4 is 5.78 Å². The second kappa shape index (κ2) is 4.12. The van der Waals surface area contributed by atoms with Crippen molar-refractivity contribution < 1.29 is 4.79 Å². The van der Waals surface area contributed by atoms with E-state index in [-0.39, 0.29) is 11.2 Å². The van der Waals surface area contributed by atoms with Crippen LogP contribution in [0.15, 0.2) is 24.8 Å². The molecule has 0 aromatic carbocycles. The van der Waals surface area contributed by atoms with Crippen molar-refractivity contribution in [3.05, 3.63) is 24.8 Å². The normalized spacial score (nSPS) is 29.9. The molecule has 1 nitrogen and oxygen atoms in total. The quantitative estimate of drug-likeness (QED) is 0.495. The molecule has 1 rings (SSSR count). The Balaban J connectivity index is 2.77. The van der Waals surface area contributed by atoms with Crippen LogP contribution < -0.4 is 0 Å². The van der Waals surface area contributed by atoms with Crippen LogP contribution in [-0.2, 0) is 4.79 Å². The zero-order valence-corrected chi connectivity index (χ0v) is 9.42. The molecule has 0 spiro atoms. The Labute approximate surface area is 86.9 Å². The van der Waals surface area contributed by atoms with Crippen LogP contribution in [0, 0.1) is 17.3 Å². The minimum absolute atomic E-state index is 0.172.